The fourth-order valence-corrected chi connectivity index (χ4v) is 2.17. The Balaban J connectivity index is 1.95. The summed E-state index contributed by atoms with van der Waals surface area (Å²) in [6, 6.07) is 9.22. The van der Waals surface area contributed by atoms with Crippen molar-refractivity contribution in [2.45, 2.75) is 19.9 Å². The molecule has 0 N–H and O–H groups in total. The highest BCUT2D eigenvalue weighted by molar-refractivity contribution is 5.98. The molecule has 0 saturated heterocycles. The van der Waals surface area contributed by atoms with E-state index < -0.39 is 0 Å². The smallest absolute Gasteiger partial charge is 0.168 e. The van der Waals surface area contributed by atoms with E-state index in [4.69, 9.17) is 0 Å². The molecular weight excluding hydrogens is 252 g/mol. The van der Waals surface area contributed by atoms with Crippen molar-refractivity contribution in [2.24, 2.45) is 0 Å². The Morgan fingerprint density at radius 3 is 2.70 bits per heavy atom. The molecule has 3 rings (SSSR count). The minimum absolute atomic E-state index is 0.0386. The summed E-state index contributed by atoms with van der Waals surface area (Å²) in [7, 11) is 0. The number of fused-ring (bicyclic) bond motifs is 1. The van der Waals surface area contributed by atoms with Gasteiger partial charge in [-0.05, 0) is 6.92 Å². The number of rotatable bonds is 4. The van der Waals surface area contributed by atoms with Crippen LogP contribution in [0, 0.1) is 0 Å². The minimum Gasteiger partial charge on any atom is -0.315 e. The molecule has 0 atom stereocenters. The second-order valence-electron chi connectivity index (χ2n) is 4.49. The Bertz CT molecular complexity index is 749. The lowest BCUT2D eigenvalue weighted by Gasteiger charge is -2.02. The van der Waals surface area contributed by atoms with Gasteiger partial charge in [-0.25, -0.2) is 15.0 Å². The monoisotopic (exact) mass is 266 g/mol. The first-order valence-corrected chi connectivity index (χ1v) is 6.52. The van der Waals surface area contributed by atoms with Crippen molar-refractivity contribution in [3.8, 4) is 0 Å². The standard InChI is InChI=1S/C15H14N4O/c1-2-19-10-18-14-12(16-9-17-15(14)19)8-13(20)11-6-4-3-5-7-11/h3-7,9-10H,2,8H2,1H3. The summed E-state index contributed by atoms with van der Waals surface area (Å²) in [5.74, 6) is 0.0386. The molecule has 5 heteroatoms. The number of Topliss-reactive ketones (excluding diaryl/α,β-unsaturated/α-hetero) is 1. The quantitative estimate of drug-likeness (QED) is 0.680. The fourth-order valence-electron chi connectivity index (χ4n) is 2.17. The van der Waals surface area contributed by atoms with Crippen molar-refractivity contribution >= 4 is 16.9 Å². The molecule has 2 aromatic heterocycles. The lowest BCUT2D eigenvalue weighted by molar-refractivity contribution is 0.0992. The Morgan fingerprint density at radius 1 is 1.15 bits per heavy atom. The molecule has 0 aliphatic heterocycles. The van der Waals surface area contributed by atoms with Crippen molar-refractivity contribution in [3.05, 3.63) is 54.2 Å². The molecule has 0 aliphatic carbocycles. The first kappa shape index (κ1) is 12.5. The Morgan fingerprint density at radius 2 is 1.95 bits per heavy atom. The van der Waals surface area contributed by atoms with Crippen LogP contribution in [0.15, 0.2) is 43.0 Å². The Labute approximate surface area is 116 Å². The number of hydrogen-bond donors (Lipinski definition) is 0. The summed E-state index contributed by atoms with van der Waals surface area (Å²) in [5, 5.41) is 0. The van der Waals surface area contributed by atoms with E-state index in [1.54, 1.807) is 6.33 Å². The van der Waals surface area contributed by atoms with Crippen LogP contribution < -0.4 is 0 Å². The van der Waals surface area contributed by atoms with Gasteiger partial charge in [0, 0.05) is 12.1 Å². The number of benzene rings is 1. The molecule has 0 aliphatic rings. The zero-order valence-electron chi connectivity index (χ0n) is 11.2. The lowest BCUT2D eigenvalue weighted by atomic mass is 10.1. The average Bonchev–Trinajstić information content (AvgIpc) is 2.92. The minimum atomic E-state index is 0.0386. The third-order valence-corrected chi connectivity index (χ3v) is 3.24. The number of carbonyl (C=O) groups excluding carboxylic acids is 1. The molecule has 20 heavy (non-hydrogen) atoms. The van der Waals surface area contributed by atoms with Crippen LogP contribution in [-0.4, -0.2) is 25.3 Å². The van der Waals surface area contributed by atoms with E-state index in [0.717, 1.165) is 12.2 Å². The van der Waals surface area contributed by atoms with Gasteiger partial charge >= 0.3 is 0 Å². The van der Waals surface area contributed by atoms with E-state index in [-0.39, 0.29) is 12.2 Å². The first-order chi connectivity index (χ1) is 9.79. The zero-order valence-corrected chi connectivity index (χ0v) is 11.2. The van der Waals surface area contributed by atoms with Crippen LogP contribution in [0.5, 0.6) is 0 Å². The summed E-state index contributed by atoms with van der Waals surface area (Å²) in [5.41, 5.74) is 2.85. The van der Waals surface area contributed by atoms with E-state index in [0.29, 0.717) is 16.8 Å². The third-order valence-electron chi connectivity index (χ3n) is 3.24. The summed E-state index contributed by atoms with van der Waals surface area (Å²) in [6.07, 6.45) is 3.46. The number of aryl methyl sites for hydroxylation is 1. The van der Waals surface area contributed by atoms with Gasteiger partial charge in [-0.2, -0.15) is 0 Å². The normalized spacial score (nSPS) is 10.8. The third kappa shape index (κ3) is 2.18. The van der Waals surface area contributed by atoms with Crippen molar-refractivity contribution in [2.75, 3.05) is 0 Å². The number of imidazole rings is 1. The topological polar surface area (TPSA) is 60.7 Å². The molecule has 0 spiro atoms. The molecular formula is C15H14N4O. The van der Waals surface area contributed by atoms with Crippen LogP contribution in [0.3, 0.4) is 0 Å². The van der Waals surface area contributed by atoms with E-state index in [2.05, 4.69) is 15.0 Å². The molecule has 2 heterocycles. The predicted octanol–water partition coefficient (Wildman–Crippen LogP) is 2.27. The largest absolute Gasteiger partial charge is 0.315 e. The summed E-state index contributed by atoms with van der Waals surface area (Å²) >= 11 is 0. The maximum atomic E-state index is 12.2. The van der Waals surface area contributed by atoms with Gasteiger partial charge in [0.1, 0.15) is 11.8 Å². The van der Waals surface area contributed by atoms with Gasteiger partial charge in [-0.15, -0.1) is 0 Å². The predicted molar refractivity (Wildman–Crippen MR) is 75.5 cm³/mol. The molecule has 0 fully saturated rings. The average molecular weight is 266 g/mol. The van der Waals surface area contributed by atoms with E-state index in [9.17, 15) is 4.79 Å². The Kier molecular flexibility index (Phi) is 3.25. The maximum absolute atomic E-state index is 12.2. The molecule has 0 bridgehead atoms. The molecule has 0 radical (unpaired) electrons. The van der Waals surface area contributed by atoms with Gasteiger partial charge in [0.15, 0.2) is 11.4 Å². The number of hydrogen-bond acceptors (Lipinski definition) is 4. The van der Waals surface area contributed by atoms with Crippen LogP contribution >= 0.6 is 0 Å². The number of aromatic nitrogens is 4. The molecule has 100 valence electrons. The van der Waals surface area contributed by atoms with E-state index in [1.807, 2.05) is 41.8 Å². The van der Waals surface area contributed by atoms with Crippen molar-refractivity contribution in [3.63, 3.8) is 0 Å². The van der Waals surface area contributed by atoms with Gasteiger partial charge in [-0.1, -0.05) is 30.3 Å². The van der Waals surface area contributed by atoms with E-state index >= 15 is 0 Å². The fraction of sp³-hybridized carbons (Fsp3) is 0.200. The SMILES string of the molecule is CCn1cnc2c(CC(=O)c3ccccc3)ncnc21. The molecule has 1 aromatic carbocycles. The van der Waals surface area contributed by atoms with Crippen LogP contribution in [-0.2, 0) is 13.0 Å². The van der Waals surface area contributed by atoms with Crippen molar-refractivity contribution in [1.82, 2.24) is 19.5 Å². The number of nitrogens with zero attached hydrogens (tertiary/aromatic N) is 4. The van der Waals surface area contributed by atoms with Crippen LogP contribution in [0.4, 0.5) is 0 Å². The van der Waals surface area contributed by atoms with Crippen LogP contribution in [0.25, 0.3) is 11.2 Å². The van der Waals surface area contributed by atoms with Gasteiger partial charge in [0.2, 0.25) is 0 Å². The maximum Gasteiger partial charge on any atom is 0.168 e. The highest BCUT2D eigenvalue weighted by Gasteiger charge is 2.13. The van der Waals surface area contributed by atoms with Gasteiger partial charge in [0.25, 0.3) is 0 Å². The first-order valence-electron chi connectivity index (χ1n) is 6.52. The number of ketones is 1. The second-order valence-corrected chi connectivity index (χ2v) is 4.49. The zero-order chi connectivity index (χ0) is 13.9. The molecule has 3 aromatic rings. The summed E-state index contributed by atoms with van der Waals surface area (Å²) in [6.45, 7) is 2.82. The lowest BCUT2D eigenvalue weighted by Crippen LogP contribution is -2.06. The number of carbonyl (C=O) groups is 1. The van der Waals surface area contributed by atoms with Crippen LogP contribution in [0.1, 0.15) is 23.0 Å². The molecule has 0 saturated carbocycles. The van der Waals surface area contributed by atoms with Crippen LogP contribution in [0.2, 0.25) is 0 Å². The highest BCUT2D eigenvalue weighted by Crippen LogP contribution is 2.15. The second kappa shape index (κ2) is 5.21. The van der Waals surface area contributed by atoms with Crippen molar-refractivity contribution in [1.29, 1.82) is 0 Å². The van der Waals surface area contributed by atoms with Gasteiger partial charge < -0.3 is 4.57 Å². The Hall–Kier alpha value is -2.56. The van der Waals surface area contributed by atoms with Gasteiger partial charge in [0.05, 0.1) is 18.4 Å². The highest BCUT2D eigenvalue weighted by atomic mass is 16.1. The molecule has 0 amide bonds. The molecule has 5 nitrogen and oxygen atoms in total. The summed E-state index contributed by atoms with van der Waals surface area (Å²) < 4.78 is 1.94. The van der Waals surface area contributed by atoms with E-state index in [1.165, 1.54) is 6.33 Å². The van der Waals surface area contributed by atoms with Gasteiger partial charge in [-0.3, -0.25) is 4.79 Å². The van der Waals surface area contributed by atoms with Crippen molar-refractivity contribution < 1.29 is 4.79 Å². The summed E-state index contributed by atoms with van der Waals surface area (Å²) in [4.78, 5) is 25.0. The molecule has 0 unspecified atom stereocenters.